The van der Waals surface area contributed by atoms with Gasteiger partial charge in [0, 0.05) is 24.5 Å². The molecule has 3 aromatic rings. The molecule has 0 aliphatic heterocycles. The van der Waals surface area contributed by atoms with Crippen LogP contribution in [0, 0.1) is 5.82 Å². The van der Waals surface area contributed by atoms with E-state index >= 15 is 0 Å². The normalized spacial score (nSPS) is 11.5. The Kier molecular flexibility index (Phi) is 8.79. The van der Waals surface area contributed by atoms with E-state index in [0.717, 1.165) is 16.7 Å². The lowest BCUT2D eigenvalue weighted by molar-refractivity contribution is -0.140. The Morgan fingerprint density at radius 2 is 1.58 bits per heavy atom. The van der Waals surface area contributed by atoms with Gasteiger partial charge in [-0.3, -0.25) is 9.59 Å². The van der Waals surface area contributed by atoms with Gasteiger partial charge >= 0.3 is 0 Å². The number of hydrogen-bond acceptors (Lipinski definition) is 2. The molecule has 1 atom stereocenters. The van der Waals surface area contributed by atoms with Gasteiger partial charge in [-0.05, 0) is 41.0 Å². The molecule has 0 spiro atoms. The van der Waals surface area contributed by atoms with Gasteiger partial charge in [0.05, 0.1) is 6.42 Å². The van der Waals surface area contributed by atoms with Crippen LogP contribution in [0.15, 0.2) is 91.5 Å². The number of nitrogens with one attached hydrogen (secondary N) is 1. The standard InChI is InChI=1S/C27H26ClFN2O2/c1-2-16-30-27(33)25(17-20-6-4-3-5-7-20)31(19-22-10-14-24(29)15-11-22)26(32)18-21-8-12-23(28)13-9-21/h2-15,25H,1,16-19H2,(H,30,33). The van der Waals surface area contributed by atoms with Gasteiger partial charge in [0.15, 0.2) is 0 Å². The van der Waals surface area contributed by atoms with Crippen LogP contribution < -0.4 is 5.32 Å². The second-order valence-electron chi connectivity index (χ2n) is 7.69. The molecule has 4 nitrogen and oxygen atoms in total. The van der Waals surface area contributed by atoms with Gasteiger partial charge < -0.3 is 10.2 Å². The van der Waals surface area contributed by atoms with Crippen molar-refractivity contribution in [3.8, 4) is 0 Å². The molecule has 0 aliphatic rings. The molecule has 3 aromatic carbocycles. The Hall–Kier alpha value is -3.44. The third-order valence-electron chi connectivity index (χ3n) is 5.23. The maximum atomic E-state index is 13.5. The van der Waals surface area contributed by atoms with Crippen molar-refractivity contribution >= 4 is 23.4 Å². The Balaban J connectivity index is 1.94. The molecule has 0 radical (unpaired) electrons. The summed E-state index contributed by atoms with van der Waals surface area (Å²) in [6.07, 6.45) is 2.05. The van der Waals surface area contributed by atoms with E-state index < -0.39 is 6.04 Å². The van der Waals surface area contributed by atoms with Crippen molar-refractivity contribution in [1.29, 1.82) is 0 Å². The van der Waals surface area contributed by atoms with Gasteiger partial charge in [-0.25, -0.2) is 4.39 Å². The molecular formula is C27H26ClFN2O2. The van der Waals surface area contributed by atoms with Crippen molar-refractivity contribution in [2.24, 2.45) is 0 Å². The Morgan fingerprint density at radius 1 is 0.939 bits per heavy atom. The fourth-order valence-corrected chi connectivity index (χ4v) is 3.64. The van der Waals surface area contributed by atoms with Gasteiger partial charge in [0.1, 0.15) is 11.9 Å². The number of rotatable bonds is 10. The van der Waals surface area contributed by atoms with Gasteiger partial charge in [0.2, 0.25) is 11.8 Å². The number of hydrogen-bond donors (Lipinski definition) is 1. The first-order chi connectivity index (χ1) is 16.0. The molecular weight excluding hydrogens is 439 g/mol. The van der Waals surface area contributed by atoms with E-state index in [-0.39, 0.29) is 30.6 Å². The maximum absolute atomic E-state index is 13.5. The molecule has 0 aliphatic carbocycles. The first-order valence-electron chi connectivity index (χ1n) is 10.7. The van der Waals surface area contributed by atoms with Crippen LogP contribution in [-0.2, 0) is 29.0 Å². The number of halogens is 2. The average molecular weight is 465 g/mol. The SMILES string of the molecule is C=CCNC(=O)C(Cc1ccccc1)N(Cc1ccc(F)cc1)C(=O)Cc1ccc(Cl)cc1. The van der Waals surface area contributed by atoms with Crippen LogP contribution in [0.25, 0.3) is 0 Å². The highest BCUT2D eigenvalue weighted by atomic mass is 35.5. The fraction of sp³-hybridized carbons (Fsp3) is 0.185. The molecule has 170 valence electrons. The van der Waals surface area contributed by atoms with Crippen LogP contribution >= 0.6 is 11.6 Å². The number of carbonyl (C=O) groups excluding carboxylic acids is 2. The van der Waals surface area contributed by atoms with Crippen molar-refractivity contribution in [1.82, 2.24) is 10.2 Å². The zero-order chi connectivity index (χ0) is 23.6. The second kappa shape index (κ2) is 12.0. The molecule has 0 heterocycles. The molecule has 1 N–H and O–H groups in total. The molecule has 1 unspecified atom stereocenters. The number of amides is 2. The molecule has 0 fully saturated rings. The molecule has 6 heteroatoms. The second-order valence-corrected chi connectivity index (χ2v) is 8.13. The number of carbonyl (C=O) groups is 2. The predicted molar refractivity (Wildman–Crippen MR) is 129 cm³/mol. The van der Waals surface area contributed by atoms with E-state index in [4.69, 9.17) is 11.6 Å². The van der Waals surface area contributed by atoms with Crippen LogP contribution in [-0.4, -0.2) is 29.3 Å². The highest BCUT2D eigenvalue weighted by Crippen LogP contribution is 2.18. The molecule has 0 saturated heterocycles. The first kappa shape index (κ1) is 24.2. The lowest BCUT2D eigenvalue weighted by Gasteiger charge is -2.31. The van der Waals surface area contributed by atoms with Gasteiger partial charge in [-0.15, -0.1) is 6.58 Å². The van der Waals surface area contributed by atoms with Crippen molar-refractivity contribution in [2.45, 2.75) is 25.4 Å². The summed E-state index contributed by atoms with van der Waals surface area (Å²) < 4.78 is 13.5. The van der Waals surface area contributed by atoms with Gasteiger partial charge in [0.25, 0.3) is 0 Å². The van der Waals surface area contributed by atoms with Gasteiger partial charge in [-0.1, -0.05) is 72.3 Å². The van der Waals surface area contributed by atoms with E-state index in [1.54, 1.807) is 47.4 Å². The van der Waals surface area contributed by atoms with Crippen molar-refractivity contribution in [2.75, 3.05) is 6.54 Å². The van der Waals surface area contributed by atoms with E-state index in [2.05, 4.69) is 11.9 Å². The zero-order valence-electron chi connectivity index (χ0n) is 18.2. The fourth-order valence-electron chi connectivity index (χ4n) is 3.51. The van der Waals surface area contributed by atoms with Crippen molar-refractivity contribution < 1.29 is 14.0 Å². The van der Waals surface area contributed by atoms with Crippen LogP contribution in [0.4, 0.5) is 4.39 Å². The quantitative estimate of drug-likeness (QED) is 0.431. The third kappa shape index (κ3) is 7.29. The lowest BCUT2D eigenvalue weighted by atomic mass is 10.0. The molecule has 0 aromatic heterocycles. The van der Waals surface area contributed by atoms with E-state index in [1.807, 2.05) is 30.3 Å². The first-order valence-corrected chi connectivity index (χ1v) is 11.0. The smallest absolute Gasteiger partial charge is 0.243 e. The summed E-state index contributed by atoms with van der Waals surface area (Å²) in [5, 5.41) is 3.41. The Morgan fingerprint density at radius 3 is 2.21 bits per heavy atom. The van der Waals surface area contributed by atoms with Crippen LogP contribution in [0.2, 0.25) is 5.02 Å². The number of nitrogens with zero attached hydrogens (tertiary/aromatic N) is 1. The summed E-state index contributed by atoms with van der Waals surface area (Å²) in [5.41, 5.74) is 2.45. The minimum atomic E-state index is -0.753. The molecule has 0 bridgehead atoms. The van der Waals surface area contributed by atoms with Crippen LogP contribution in [0.5, 0.6) is 0 Å². The molecule has 33 heavy (non-hydrogen) atoms. The average Bonchev–Trinajstić information content (AvgIpc) is 2.83. The lowest BCUT2D eigenvalue weighted by Crippen LogP contribution is -2.51. The van der Waals surface area contributed by atoms with Crippen molar-refractivity contribution in [3.63, 3.8) is 0 Å². The number of benzene rings is 3. The predicted octanol–water partition coefficient (Wildman–Crippen LogP) is 4.96. The van der Waals surface area contributed by atoms with Crippen molar-refractivity contribution in [3.05, 3.63) is 119 Å². The Bertz CT molecular complexity index is 1070. The van der Waals surface area contributed by atoms with Crippen LogP contribution in [0.1, 0.15) is 16.7 Å². The summed E-state index contributed by atoms with van der Waals surface area (Å²) in [4.78, 5) is 28.2. The third-order valence-corrected chi connectivity index (χ3v) is 5.48. The van der Waals surface area contributed by atoms with Gasteiger partial charge in [-0.2, -0.15) is 0 Å². The minimum absolute atomic E-state index is 0.110. The largest absolute Gasteiger partial charge is 0.351 e. The minimum Gasteiger partial charge on any atom is -0.351 e. The maximum Gasteiger partial charge on any atom is 0.243 e. The summed E-state index contributed by atoms with van der Waals surface area (Å²) >= 11 is 5.97. The summed E-state index contributed by atoms with van der Waals surface area (Å²) in [5.74, 6) is -0.844. The zero-order valence-corrected chi connectivity index (χ0v) is 19.0. The summed E-state index contributed by atoms with van der Waals surface area (Å²) in [7, 11) is 0. The Labute approximate surface area is 198 Å². The summed E-state index contributed by atoms with van der Waals surface area (Å²) in [6.45, 7) is 4.12. The highest BCUT2D eigenvalue weighted by Gasteiger charge is 2.30. The topological polar surface area (TPSA) is 49.4 Å². The summed E-state index contributed by atoms with van der Waals surface area (Å²) in [6, 6.07) is 21.8. The van der Waals surface area contributed by atoms with E-state index in [9.17, 15) is 14.0 Å². The monoisotopic (exact) mass is 464 g/mol. The highest BCUT2D eigenvalue weighted by molar-refractivity contribution is 6.30. The molecule has 3 rings (SSSR count). The van der Waals surface area contributed by atoms with E-state index in [1.165, 1.54) is 12.1 Å². The molecule has 0 saturated carbocycles. The van der Waals surface area contributed by atoms with Crippen LogP contribution in [0.3, 0.4) is 0 Å². The van der Waals surface area contributed by atoms with E-state index in [0.29, 0.717) is 18.0 Å². The molecule has 2 amide bonds.